The average molecular weight is 362 g/mol. The molecule has 0 saturated carbocycles. The second-order valence-electron chi connectivity index (χ2n) is 7.09. The molecular weight excluding hydrogens is 340 g/mol. The Morgan fingerprint density at radius 1 is 1.04 bits per heavy atom. The van der Waals surface area contributed by atoms with Crippen LogP contribution in [-0.4, -0.2) is 45.1 Å². The largest absolute Gasteiger partial charge is 0.378 e. The standard InChI is InChI=1S/C21H22N4O2/c26-21-23-14-20(25(21)18-6-1-15-7-8-22-19(15)13-18)16-2-4-17(5-3-16)24-9-11-27-12-10-24/h1-6,8,13,20H,7,9-12,14H2,(H,23,26). The van der Waals surface area contributed by atoms with E-state index in [2.05, 4.69) is 45.5 Å². The molecule has 1 N–H and O–H groups in total. The highest BCUT2D eigenvalue weighted by molar-refractivity contribution is 5.96. The molecule has 1 unspecified atom stereocenters. The Morgan fingerprint density at radius 2 is 1.81 bits per heavy atom. The number of nitrogens with zero attached hydrogens (tertiary/aromatic N) is 3. The first-order valence-corrected chi connectivity index (χ1v) is 9.45. The summed E-state index contributed by atoms with van der Waals surface area (Å²) in [7, 11) is 0. The van der Waals surface area contributed by atoms with Gasteiger partial charge in [-0.15, -0.1) is 0 Å². The van der Waals surface area contributed by atoms with Crippen molar-refractivity contribution in [3.05, 3.63) is 53.6 Å². The normalized spacial score (nSPS) is 21.5. The zero-order chi connectivity index (χ0) is 18.2. The van der Waals surface area contributed by atoms with Crippen molar-refractivity contribution in [2.45, 2.75) is 12.5 Å². The van der Waals surface area contributed by atoms with Gasteiger partial charge in [0.05, 0.1) is 24.9 Å². The molecule has 2 aromatic rings. The predicted molar refractivity (Wildman–Crippen MR) is 106 cm³/mol. The predicted octanol–water partition coefficient (Wildman–Crippen LogP) is 3.05. The van der Waals surface area contributed by atoms with E-state index >= 15 is 0 Å². The first-order valence-electron chi connectivity index (χ1n) is 9.45. The van der Waals surface area contributed by atoms with E-state index in [0.29, 0.717) is 6.54 Å². The molecule has 2 fully saturated rings. The average Bonchev–Trinajstić information content (AvgIpc) is 3.34. The number of hydrogen-bond donors (Lipinski definition) is 1. The Bertz CT molecular complexity index is 888. The molecule has 138 valence electrons. The number of benzene rings is 2. The Balaban J connectivity index is 1.41. The molecule has 5 rings (SSSR count). The number of anilines is 2. The molecular formula is C21H22N4O2. The van der Waals surface area contributed by atoms with E-state index in [1.165, 1.54) is 11.3 Å². The maximum atomic E-state index is 12.5. The van der Waals surface area contributed by atoms with Gasteiger partial charge in [-0.1, -0.05) is 18.2 Å². The molecule has 3 heterocycles. The molecule has 27 heavy (non-hydrogen) atoms. The lowest BCUT2D eigenvalue weighted by Crippen LogP contribution is -2.36. The van der Waals surface area contributed by atoms with E-state index in [9.17, 15) is 4.79 Å². The van der Waals surface area contributed by atoms with Crippen LogP contribution < -0.4 is 15.1 Å². The van der Waals surface area contributed by atoms with Crippen LogP contribution in [0.5, 0.6) is 0 Å². The highest BCUT2D eigenvalue weighted by Crippen LogP contribution is 2.35. The summed E-state index contributed by atoms with van der Waals surface area (Å²) in [5.41, 5.74) is 5.41. The molecule has 2 aromatic carbocycles. The zero-order valence-electron chi connectivity index (χ0n) is 15.1. The summed E-state index contributed by atoms with van der Waals surface area (Å²) < 4.78 is 5.43. The fourth-order valence-corrected chi connectivity index (χ4v) is 4.03. The van der Waals surface area contributed by atoms with E-state index in [1.54, 1.807) is 0 Å². The van der Waals surface area contributed by atoms with Crippen LogP contribution in [0.3, 0.4) is 0 Å². The summed E-state index contributed by atoms with van der Waals surface area (Å²) in [6.45, 7) is 4.00. The number of morpholine rings is 1. The van der Waals surface area contributed by atoms with Crippen molar-refractivity contribution < 1.29 is 9.53 Å². The van der Waals surface area contributed by atoms with E-state index in [-0.39, 0.29) is 12.1 Å². The number of carbonyl (C=O) groups is 1. The topological polar surface area (TPSA) is 57.2 Å². The van der Waals surface area contributed by atoms with Crippen molar-refractivity contribution in [2.75, 3.05) is 42.6 Å². The fraction of sp³-hybridized carbons (Fsp3) is 0.333. The summed E-state index contributed by atoms with van der Waals surface area (Å²) >= 11 is 0. The first-order chi connectivity index (χ1) is 13.3. The molecule has 0 spiro atoms. The van der Waals surface area contributed by atoms with Gasteiger partial charge in [0, 0.05) is 43.6 Å². The molecule has 6 heteroatoms. The molecule has 6 nitrogen and oxygen atoms in total. The summed E-state index contributed by atoms with van der Waals surface area (Å²) in [6, 6.07) is 14.6. The molecule has 0 aliphatic carbocycles. The molecule has 3 aliphatic heterocycles. The quantitative estimate of drug-likeness (QED) is 0.913. The van der Waals surface area contributed by atoms with Crippen LogP contribution >= 0.6 is 0 Å². The number of hydrogen-bond acceptors (Lipinski definition) is 4. The van der Waals surface area contributed by atoms with Crippen molar-refractivity contribution in [1.82, 2.24) is 5.32 Å². The Hall–Kier alpha value is -2.86. The maximum Gasteiger partial charge on any atom is 0.322 e. The Morgan fingerprint density at radius 3 is 2.63 bits per heavy atom. The summed E-state index contributed by atoms with van der Waals surface area (Å²) in [5.74, 6) is 0. The molecule has 2 saturated heterocycles. The van der Waals surface area contributed by atoms with Gasteiger partial charge >= 0.3 is 6.03 Å². The highest BCUT2D eigenvalue weighted by Gasteiger charge is 2.33. The van der Waals surface area contributed by atoms with Crippen LogP contribution in [0.25, 0.3) is 0 Å². The second-order valence-corrected chi connectivity index (χ2v) is 7.09. The second kappa shape index (κ2) is 6.70. The van der Waals surface area contributed by atoms with Gasteiger partial charge in [-0.3, -0.25) is 9.89 Å². The van der Waals surface area contributed by atoms with Crippen LogP contribution in [0.1, 0.15) is 17.2 Å². The van der Waals surface area contributed by atoms with Gasteiger partial charge in [0.2, 0.25) is 0 Å². The van der Waals surface area contributed by atoms with Crippen molar-refractivity contribution >= 4 is 29.3 Å². The molecule has 2 amide bonds. The zero-order valence-corrected chi connectivity index (χ0v) is 15.1. The van der Waals surface area contributed by atoms with Crippen molar-refractivity contribution in [3.8, 4) is 0 Å². The molecule has 0 aromatic heterocycles. The van der Waals surface area contributed by atoms with Crippen molar-refractivity contribution in [3.63, 3.8) is 0 Å². The Labute approximate surface area is 158 Å². The summed E-state index contributed by atoms with van der Waals surface area (Å²) in [4.78, 5) is 21.1. The van der Waals surface area contributed by atoms with Gasteiger partial charge in [-0.25, -0.2) is 4.79 Å². The summed E-state index contributed by atoms with van der Waals surface area (Å²) in [6.07, 6.45) is 2.79. The lowest BCUT2D eigenvalue weighted by molar-refractivity contribution is 0.122. The van der Waals surface area contributed by atoms with Crippen molar-refractivity contribution in [1.29, 1.82) is 0 Å². The van der Waals surface area contributed by atoms with Gasteiger partial charge in [0.25, 0.3) is 0 Å². The van der Waals surface area contributed by atoms with Gasteiger partial charge in [-0.2, -0.15) is 0 Å². The highest BCUT2D eigenvalue weighted by atomic mass is 16.5. The number of amides is 2. The molecule has 0 bridgehead atoms. The minimum atomic E-state index is -0.0563. The smallest absolute Gasteiger partial charge is 0.322 e. The third-order valence-electron chi connectivity index (χ3n) is 5.52. The number of ether oxygens (including phenoxy) is 1. The number of aliphatic imine (C=N–C) groups is 1. The maximum absolute atomic E-state index is 12.5. The van der Waals surface area contributed by atoms with Gasteiger partial charge in [0.1, 0.15) is 0 Å². The minimum Gasteiger partial charge on any atom is -0.378 e. The molecule has 0 radical (unpaired) electrons. The van der Waals surface area contributed by atoms with Crippen LogP contribution in [-0.2, 0) is 11.2 Å². The van der Waals surface area contributed by atoms with Crippen LogP contribution in [0.15, 0.2) is 47.5 Å². The third kappa shape index (κ3) is 2.96. The van der Waals surface area contributed by atoms with Gasteiger partial charge < -0.3 is 15.0 Å². The van der Waals surface area contributed by atoms with Crippen LogP contribution in [0.4, 0.5) is 21.9 Å². The Kier molecular flexibility index (Phi) is 4.05. The first kappa shape index (κ1) is 16.3. The molecule has 3 aliphatic rings. The van der Waals surface area contributed by atoms with Gasteiger partial charge in [0.15, 0.2) is 0 Å². The third-order valence-corrected chi connectivity index (χ3v) is 5.52. The fourth-order valence-electron chi connectivity index (χ4n) is 4.03. The van der Waals surface area contributed by atoms with Crippen LogP contribution in [0, 0.1) is 0 Å². The SMILES string of the molecule is O=C1NCC(c2ccc(N3CCOCC3)cc2)N1c1ccc2c(c1)N=CC2. The minimum absolute atomic E-state index is 0.0142. The lowest BCUT2D eigenvalue weighted by Gasteiger charge is -2.29. The van der Waals surface area contributed by atoms with Gasteiger partial charge in [-0.05, 0) is 35.4 Å². The van der Waals surface area contributed by atoms with E-state index < -0.39 is 0 Å². The van der Waals surface area contributed by atoms with Crippen LogP contribution in [0.2, 0.25) is 0 Å². The molecule has 1 atom stereocenters. The number of carbonyl (C=O) groups excluding carboxylic acids is 1. The number of fused-ring (bicyclic) bond motifs is 1. The number of rotatable bonds is 3. The van der Waals surface area contributed by atoms with Crippen molar-refractivity contribution in [2.24, 2.45) is 4.99 Å². The summed E-state index contributed by atoms with van der Waals surface area (Å²) in [5, 5.41) is 2.98. The lowest BCUT2D eigenvalue weighted by atomic mass is 10.0. The van der Waals surface area contributed by atoms with E-state index in [0.717, 1.165) is 49.7 Å². The number of urea groups is 1. The van der Waals surface area contributed by atoms with E-state index in [1.807, 2.05) is 23.2 Å². The number of nitrogens with one attached hydrogen (secondary N) is 1. The monoisotopic (exact) mass is 362 g/mol. The van der Waals surface area contributed by atoms with E-state index in [4.69, 9.17) is 4.74 Å².